The van der Waals surface area contributed by atoms with E-state index in [0.29, 0.717) is 0 Å². The number of carbonyl (C=O) groups excluding carboxylic acids is 1. The molecule has 5 nitrogen and oxygen atoms in total. The smallest absolute Gasteiger partial charge is 0.335 e. The monoisotopic (exact) mass is 603 g/mol. The van der Waals surface area contributed by atoms with Gasteiger partial charge in [-0.2, -0.15) is 0 Å². The molecule has 0 amide bonds. The Kier molecular flexibility index (Phi) is 20.4. The maximum atomic E-state index is 10.7. The summed E-state index contributed by atoms with van der Waals surface area (Å²) < 4.78 is 1.19. The summed E-state index contributed by atoms with van der Waals surface area (Å²) in [6.45, 7) is 7.21. The minimum Gasteiger partial charge on any atom is -0.545 e. The highest BCUT2D eigenvalue weighted by Crippen LogP contribution is 2.37. The van der Waals surface area contributed by atoms with Gasteiger partial charge in [-0.15, -0.1) is 0 Å². The van der Waals surface area contributed by atoms with Crippen LogP contribution in [0.25, 0.3) is 0 Å². The molecular weight excluding hydrogens is 551 g/mol. The Labute approximate surface area is 257 Å². The molecule has 0 fully saturated rings. The van der Waals surface area contributed by atoms with E-state index < -0.39 is 11.9 Å². The largest absolute Gasteiger partial charge is 0.545 e. The SMILES string of the molecule is CCCCCCCCCCCCCCCC[N+](C)(C)CC.O=C([O-])c1ccc(SSc2ccc(C(=O)O)cc2)cc1. The van der Waals surface area contributed by atoms with Crippen LogP contribution in [0.15, 0.2) is 58.3 Å². The van der Waals surface area contributed by atoms with Crippen LogP contribution in [0.2, 0.25) is 0 Å². The predicted octanol–water partition coefficient (Wildman–Crippen LogP) is 9.11. The van der Waals surface area contributed by atoms with Crippen molar-refractivity contribution >= 4 is 33.5 Å². The van der Waals surface area contributed by atoms with Crippen LogP contribution in [0.4, 0.5) is 0 Å². The Morgan fingerprint density at radius 2 is 1.00 bits per heavy atom. The zero-order valence-electron chi connectivity index (χ0n) is 25.9. The summed E-state index contributed by atoms with van der Waals surface area (Å²) in [5.74, 6) is -2.15. The van der Waals surface area contributed by atoms with Crippen molar-refractivity contribution in [2.24, 2.45) is 0 Å². The van der Waals surface area contributed by atoms with Gasteiger partial charge in [0, 0.05) is 9.79 Å². The van der Waals surface area contributed by atoms with Crippen molar-refractivity contribution in [1.82, 2.24) is 0 Å². The molecule has 1 N–H and O–H groups in total. The third-order valence-corrected chi connectivity index (χ3v) is 9.82. The van der Waals surface area contributed by atoms with E-state index in [9.17, 15) is 14.7 Å². The lowest BCUT2D eigenvalue weighted by molar-refractivity contribution is -0.888. The normalized spacial score (nSPS) is 11.1. The van der Waals surface area contributed by atoms with Crippen LogP contribution < -0.4 is 5.11 Å². The highest BCUT2D eigenvalue weighted by molar-refractivity contribution is 8.76. The zero-order chi connectivity index (χ0) is 30.3. The van der Waals surface area contributed by atoms with Gasteiger partial charge in [0.1, 0.15) is 0 Å². The van der Waals surface area contributed by atoms with Gasteiger partial charge in [0.25, 0.3) is 0 Å². The molecule has 0 atom stereocenters. The van der Waals surface area contributed by atoms with Crippen molar-refractivity contribution < 1.29 is 24.3 Å². The van der Waals surface area contributed by atoms with Crippen LogP contribution in [0, 0.1) is 0 Å². The van der Waals surface area contributed by atoms with Gasteiger partial charge in [-0.25, -0.2) is 4.79 Å². The van der Waals surface area contributed by atoms with Crippen LogP contribution in [0.3, 0.4) is 0 Å². The Bertz CT molecular complexity index is 904. The van der Waals surface area contributed by atoms with E-state index in [2.05, 4.69) is 27.9 Å². The predicted molar refractivity (Wildman–Crippen MR) is 174 cm³/mol. The lowest BCUT2D eigenvalue weighted by atomic mass is 10.0. The summed E-state index contributed by atoms with van der Waals surface area (Å²) in [7, 11) is 7.63. The molecule has 0 aliphatic carbocycles. The number of carboxylic acid groups (broad SMARTS) is 2. The molecule has 0 saturated carbocycles. The van der Waals surface area contributed by atoms with E-state index in [0.717, 1.165) is 9.79 Å². The molecule has 0 aliphatic rings. The van der Waals surface area contributed by atoms with Gasteiger partial charge in [-0.3, -0.25) is 0 Å². The topological polar surface area (TPSA) is 77.4 Å². The number of rotatable bonds is 21. The molecule has 0 radical (unpaired) electrons. The molecule has 0 bridgehead atoms. The first-order valence-corrected chi connectivity index (χ1v) is 17.6. The third kappa shape index (κ3) is 19.0. The average Bonchev–Trinajstić information content (AvgIpc) is 2.97. The summed E-state index contributed by atoms with van der Waals surface area (Å²) in [6.07, 6.45) is 20.4. The number of quaternary nitrogens is 1. The Morgan fingerprint density at radius 1 is 0.634 bits per heavy atom. The number of carboxylic acids is 2. The van der Waals surface area contributed by atoms with Gasteiger partial charge < -0.3 is 19.5 Å². The summed E-state index contributed by atoms with van der Waals surface area (Å²) in [4.78, 5) is 23.1. The fourth-order valence-corrected chi connectivity index (χ4v) is 6.22. The number of aromatic carboxylic acids is 2. The molecular formula is C34H53NO4S2. The second kappa shape index (κ2) is 22.6. The van der Waals surface area contributed by atoms with Gasteiger partial charge >= 0.3 is 5.97 Å². The van der Waals surface area contributed by atoms with Crippen molar-refractivity contribution in [2.75, 3.05) is 27.2 Å². The molecule has 0 saturated heterocycles. The Balaban J connectivity index is 0.000000410. The molecule has 0 spiro atoms. The van der Waals surface area contributed by atoms with Crippen molar-refractivity contribution in [1.29, 1.82) is 0 Å². The maximum absolute atomic E-state index is 10.7. The van der Waals surface area contributed by atoms with Gasteiger partial charge in [0.15, 0.2) is 0 Å². The van der Waals surface area contributed by atoms with Crippen LogP contribution in [0.5, 0.6) is 0 Å². The summed E-state index contributed by atoms with van der Waals surface area (Å²) in [5.41, 5.74) is 0.392. The fourth-order valence-electron chi connectivity index (χ4n) is 4.29. The van der Waals surface area contributed by atoms with E-state index >= 15 is 0 Å². The van der Waals surface area contributed by atoms with Crippen LogP contribution in [-0.2, 0) is 0 Å². The molecule has 2 aromatic carbocycles. The van der Waals surface area contributed by atoms with Crippen molar-refractivity contribution in [3.63, 3.8) is 0 Å². The van der Waals surface area contributed by atoms with Crippen LogP contribution in [-0.4, -0.2) is 48.7 Å². The van der Waals surface area contributed by atoms with Crippen molar-refractivity contribution in [2.45, 2.75) is 114 Å². The first-order valence-electron chi connectivity index (χ1n) is 15.5. The van der Waals surface area contributed by atoms with E-state index in [4.69, 9.17) is 5.11 Å². The van der Waals surface area contributed by atoms with E-state index in [1.54, 1.807) is 36.4 Å². The molecule has 2 rings (SSSR count). The van der Waals surface area contributed by atoms with Gasteiger partial charge in [0.05, 0.1) is 38.7 Å². The third-order valence-electron chi connectivity index (χ3n) is 7.40. The van der Waals surface area contributed by atoms with Crippen molar-refractivity contribution in [3.05, 3.63) is 59.7 Å². The van der Waals surface area contributed by atoms with Crippen molar-refractivity contribution in [3.8, 4) is 0 Å². The first kappa shape index (κ1) is 37.1. The number of carbonyl (C=O) groups is 2. The molecule has 41 heavy (non-hydrogen) atoms. The van der Waals surface area contributed by atoms with E-state index in [1.165, 1.54) is 141 Å². The number of unbranched alkanes of at least 4 members (excludes halogenated alkanes) is 13. The average molecular weight is 604 g/mol. The maximum Gasteiger partial charge on any atom is 0.335 e. The van der Waals surface area contributed by atoms with Gasteiger partial charge in [-0.05, 0) is 61.7 Å². The van der Waals surface area contributed by atoms with E-state index in [1.807, 2.05) is 0 Å². The first-order chi connectivity index (χ1) is 19.7. The molecule has 0 aromatic heterocycles. The van der Waals surface area contributed by atoms with Gasteiger partial charge in [0.2, 0.25) is 0 Å². The standard InChI is InChI=1S/C20H44N.C14H10O4S2/c1-5-7-8-9-10-11-12-13-14-15-16-17-18-19-20-21(3,4)6-2;15-13(16)9-1-5-11(6-2-9)19-20-12-7-3-10(4-8-12)14(17)18/h5-20H2,1-4H3;1-8H,(H,15,16)(H,17,18)/q+1;/p-1. The molecule has 0 aliphatic heterocycles. The lowest BCUT2D eigenvalue weighted by Crippen LogP contribution is -2.39. The van der Waals surface area contributed by atoms with Crippen LogP contribution in [0.1, 0.15) is 124 Å². The number of hydrogen-bond donors (Lipinski definition) is 1. The molecule has 2 aromatic rings. The Morgan fingerprint density at radius 3 is 1.34 bits per heavy atom. The minimum atomic E-state index is -1.20. The summed E-state index contributed by atoms with van der Waals surface area (Å²) in [6, 6.07) is 12.9. The molecule has 230 valence electrons. The van der Waals surface area contributed by atoms with Crippen LogP contribution >= 0.6 is 21.6 Å². The number of hydrogen-bond acceptors (Lipinski definition) is 5. The second-order valence-electron chi connectivity index (χ2n) is 11.4. The Hall–Kier alpha value is -1.96. The fraction of sp³-hybridized carbons (Fsp3) is 0.588. The highest BCUT2D eigenvalue weighted by atomic mass is 33.1. The van der Waals surface area contributed by atoms with Gasteiger partial charge in [-0.1, -0.05) is 118 Å². The van der Waals surface area contributed by atoms with E-state index in [-0.39, 0.29) is 11.1 Å². The molecule has 0 unspecified atom stereocenters. The lowest BCUT2D eigenvalue weighted by Gasteiger charge is -2.28. The minimum absolute atomic E-state index is 0.144. The molecule has 7 heteroatoms. The second-order valence-corrected chi connectivity index (χ2v) is 13.7. The summed E-state index contributed by atoms with van der Waals surface area (Å²) in [5, 5.41) is 19.4. The number of nitrogens with zero attached hydrogens (tertiary/aromatic N) is 1. The summed E-state index contributed by atoms with van der Waals surface area (Å²) >= 11 is 0. The quantitative estimate of drug-likeness (QED) is 0.0871. The highest BCUT2D eigenvalue weighted by Gasteiger charge is 2.10. The molecule has 0 heterocycles. The number of benzene rings is 2. The zero-order valence-corrected chi connectivity index (χ0v) is 27.5.